The molecular formula is Ni2O8P2S. The van der Waals surface area contributed by atoms with E-state index in [1.54, 1.807) is 0 Å². The fraction of sp³-hybridized carbons (Fsp3) is 0. The minimum Gasteiger partial charge on any atom is -0.772 e. The molecule has 0 heterocycles. The molecule has 0 spiro atoms. The van der Waals surface area contributed by atoms with Gasteiger partial charge in [-0.3, -0.25) is 17.5 Å². The van der Waals surface area contributed by atoms with Crippen LogP contribution in [-0.2, 0) is 52.5 Å². The molecule has 0 radical (unpaired) electrons. The molecule has 0 amide bonds. The van der Waals surface area contributed by atoms with Crippen LogP contribution in [0.5, 0.6) is 0 Å². The largest absolute Gasteiger partial charge is 2.00 e. The van der Waals surface area contributed by atoms with Crippen LogP contribution < -0.4 is 9.79 Å². The van der Waals surface area contributed by atoms with E-state index in [2.05, 4.69) is 0 Å². The Hall–Kier alpha value is 0.977. The third-order valence-corrected chi connectivity index (χ3v) is 0. The van der Waals surface area contributed by atoms with Gasteiger partial charge in [0.25, 0.3) is 0 Å². The normalized spacial score (nSPS) is 7.69. The van der Waals surface area contributed by atoms with Gasteiger partial charge in [0.15, 0.2) is 0 Å². The Morgan fingerprint density at radius 3 is 0.846 bits per heavy atom. The molecule has 0 aromatic heterocycles. The van der Waals surface area contributed by atoms with Crippen LogP contribution in [0.2, 0.25) is 0 Å². The Morgan fingerprint density at radius 2 is 0.846 bits per heavy atom. The summed E-state index contributed by atoms with van der Waals surface area (Å²) in [6.45, 7) is 0. The van der Waals surface area contributed by atoms with Crippen LogP contribution in [0.15, 0.2) is 0 Å². The van der Waals surface area contributed by atoms with E-state index in [0.29, 0.717) is 0 Å². The Bertz CT molecular complexity index is 161. The molecule has 0 aliphatic carbocycles. The zero-order valence-corrected chi connectivity index (χ0v) is 9.78. The van der Waals surface area contributed by atoms with E-state index in [-0.39, 0.29) is 33.0 Å². The number of rotatable bonds is 0. The van der Waals surface area contributed by atoms with Crippen LogP contribution in [-0.4, -0.2) is 17.5 Å². The standard InChI is InChI=1S/2Ni.H2O4S.2HO2P/c;;1-5(2,3)4;2*1-3-2/h;;(H2,1,2,3,4);2*(H,1,2)/q2*+2;;;/p-4. The maximum absolute atomic E-state index is 8.52. The fourth-order valence-electron chi connectivity index (χ4n) is 0. The summed E-state index contributed by atoms with van der Waals surface area (Å²) in [5.74, 6) is 0. The smallest absolute Gasteiger partial charge is 0.772 e. The van der Waals surface area contributed by atoms with E-state index in [0.717, 1.165) is 0 Å². The Kier molecular flexibility index (Phi) is 51.9. The van der Waals surface area contributed by atoms with Crippen molar-refractivity contribution in [2.24, 2.45) is 0 Å². The average molecular weight is 339 g/mol. The Labute approximate surface area is 97.1 Å². The monoisotopic (exact) mass is 338 g/mol. The van der Waals surface area contributed by atoms with Gasteiger partial charge >= 0.3 is 33.0 Å². The van der Waals surface area contributed by atoms with Crippen LogP contribution >= 0.6 is 17.4 Å². The molecule has 13 heavy (non-hydrogen) atoms. The second-order valence-electron chi connectivity index (χ2n) is 0.557. The summed E-state index contributed by atoms with van der Waals surface area (Å²) in [4.78, 5) is 16.7. The number of hydrogen-bond donors (Lipinski definition) is 0. The quantitative estimate of drug-likeness (QED) is 0.207. The van der Waals surface area contributed by atoms with Crippen molar-refractivity contribution in [2.75, 3.05) is 0 Å². The van der Waals surface area contributed by atoms with E-state index in [1.807, 2.05) is 0 Å². The van der Waals surface area contributed by atoms with E-state index in [1.165, 1.54) is 0 Å². The molecule has 8 nitrogen and oxygen atoms in total. The second kappa shape index (κ2) is 23.1. The molecule has 0 rings (SSSR count). The molecule has 0 bridgehead atoms. The van der Waals surface area contributed by atoms with Crippen molar-refractivity contribution in [3.8, 4) is 0 Å². The van der Waals surface area contributed by atoms with Crippen molar-refractivity contribution in [3.05, 3.63) is 0 Å². The summed E-state index contributed by atoms with van der Waals surface area (Å²) in [5.41, 5.74) is 0. The SMILES string of the molecule is O=P[O-].O=P[O-].O=S(=O)([O-])[O-].[Ni+2].[Ni+2]. The van der Waals surface area contributed by atoms with Crippen molar-refractivity contribution >= 4 is 27.8 Å². The molecule has 0 aliphatic heterocycles. The van der Waals surface area contributed by atoms with Crippen LogP contribution in [0, 0.1) is 0 Å². The molecule has 0 saturated carbocycles. The first-order chi connectivity index (χ1) is 4.83. The van der Waals surface area contributed by atoms with Gasteiger partial charge in [0.1, 0.15) is 0 Å². The molecule has 0 aromatic rings. The van der Waals surface area contributed by atoms with Gasteiger partial charge in [-0.05, 0) is 0 Å². The molecular weight excluding hydrogens is 339 g/mol. The van der Waals surface area contributed by atoms with Crippen molar-refractivity contribution in [1.29, 1.82) is 0 Å². The topological polar surface area (TPSA) is 161 Å². The maximum atomic E-state index is 8.52. The molecule has 0 fully saturated rings. The third-order valence-electron chi connectivity index (χ3n) is 0. The summed E-state index contributed by atoms with van der Waals surface area (Å²) >= 11 is 0. The predicted octanol–water partition coefficient (Wildman–Crippen LogP) is -2.24. The van der Waals surface area contributed by atoms with Gasteiger partial charge in [0, 0.05) is 10.4 Å². The minimum atomic E-state index is -5.17. The van der Waals surface area contributed by atoms with Crippen LogP contribution in [0.4, 0.5) is 0 Å². The summed E-state index contributed by atoms with van der Waals surface area (Å²) < 4.78 is 50.8. The molecule has 0 saturated heterocycles. The molecule has 0 unspecified atom stereocenters. The van der Waals surface area contributed by atoms with Gasteiger partial charge < -0.3 is 18.9 Å². The zero-order chi connectivity index (χ0) is 9.91. The van der Waals surface area contributed by atoms with Gasteiger partial charge in [0.05, 0.1) is 17.4 Å². The van der Waals surface area contributed by atoms with Crippen LogP contribution in [0.1, 0.15) is 0 Å². The van der Waals surface area contributed by atoms with Gasteiger partial charge in [0.2, 0.25) is 0 Å². The number of hydrogen-bond acceptors (Lipinski definition) is 8. The van der Waals surface area contributed by atoms with E-state index >= 15 is 0 Å². The molecule has 13 heteroatoms. The van der Waals surface area contributed by atoms with Crippen molar-refractivity contribution < 1.29 is 69.4 Å². The van der Waals surface area contributed by atoms with Crippen molar-refractivity contribution in [1.82, 2.24) is 0 Å². The van der Waals surface area contributed by atoms with Gasteiger partial charge in [-0.15, -0.1) is 0 Å². The minimum absolute atomic E-state index is 0. The average Bonchev–Trinajstić information content (AvgIpc) is 1.62. The molecule has 84 valence electrons. The van der Waals surface area contributed by atoms with E-state index in [4.69, 9.17) is 36.4 Å². The Balaban J connectivity index is -0.0000000240. The van der Waals surface area contributed by atoms with E-state index < -0.39 is 27.8 Å². The van der Waals surface area contributed by atoms with Crippen molar-refractivity contribution in [2.45, 2.75) is 0 Å². The predicted molar refractivity (Wildman–Crippen MR) is 25.7 cm³/mol. The first kappa shape index (κ1) is 29.2. The maximum Gasteiger partial charge on any atom is 2.00 e. The molecule has 0 atom stereocenters. The van der Waals surface area contributed by atoms with Crippen molar-refractivity contribution in [3.63, 3.8) is 0 Å². The fourth-order valence-corrected chi connectivity index (χ4v) is 0. The summed E-state index contributed by atoms with van der Waals surface area (Å²) in [5, 5.41) is 0. The first-order valence-electron chi connectivity index (χ1n) is 1.40. The first-order valence-corrected chi connectivity index (χ1v) is 4.19. The zero-order valence-electron chi connectivity index (χ0n) is 5.20. The Morgan fingerprint density at radius 1 is 0.846 bits per heavy atom. The van der Waals surface area contributed by atoms with E-state index in [9.17, 15) is 0 Å². The van der Waals surface area contributed by atoms with Crippen LogP contribution in [0.25, 0.3) is 0 Å². The second-order valence-corrected chi connectivity index (χ2v) is 1.67. The molecule has 0 N–H and O–H groups in total. The van der Waals surface area contributed by atoms with Gasteiger partial charge in [-0.1, -0.05) is 0 Å². The molecule has 0 aromatic carbocycles. The summed E-state index contributed by atoms with van der Waals surface area (Å²) in [7, 11) is -7.33. The van der Waals surface area contributed by atoms with Gasteiger partial charge in [-0.25, -0.2) is 0 Å². The summed E-state index contributed by atoms with van der Waals surface area (Å²) in [6.07, 6.45) is 0. The molecule has 0 aliphatic rings. The van der Waals surface area contributed by atoms with Crippen LogP contribution in [0.3, 0.4) is 0 Å². The van der Waals surface area contributed by atoms with Gasteiger partial charge in [-0.2, -0.15) is 0 Å². The third kappa shape index (κ3) is 1640. The summed E-state index contributed by atoms with van der Waals surface area (Å²) in [6, 6.07) is 0.